The molecule has 1 aliphatic rings. The van der Waals surface area contributed by atoms with Gasteiger partial charge in [0, 0.05) is 12.8 Å². The van der Waals surface area contributed by atoms with Gasteiger partial charge in [-0.1, -0.05) is 18.2 Å². The highest BCUT2D eigenvalue weighted by atomic mass is 32.2. The summed E-state index contributed by atoms with van der Waals surface area (Å²) in [6.07, 6.45) is 1.11. The van der Waals surface area contributed by atoms with E-state index in [9.17, 15) is 13.2 Å². The Hall–Kier alpha value is -2.58. The Kier molecular flexibility index (Phi) is 5.15. The summed E-state index contributed by atoms with van der Waals surface area (Å²) in [5.74, 6) is 1.12. The maximum atomic E-state index is 12.3. The molecule has 0 aliphatic carbocycles. The lowest BCUT2D eigenvalue weighted by Gasteiger charge is -2.17. The Morgan fingerprint density at radius 1 is 1.15 bits per heavy atom. The molecule has 2 aromatic carbocycles. The molecule has 0 bridgehead atoms. The molecule has 26 heavy (non-hydrogen) atoms. The Labute approximate surface area is 152 Å². The van der Waals surface area contributed by atoms with E-state index in [0.717, 1.165) is 11.8 Å². The van der Waals surface area contributed by atoms with Gasteiger partial charge in [0.2, 0.25) is 12.7 Å². The van der Waals surface area contributed by atoms with E-state index in [1.807, 2.05) is 30.1 Å². The average Bonchev–Trinajstić information content (AvgIpc) is 3.01. The van der Waals surface area contributed by atoms with Crippen molar-refractivity contribution in [2.24, 2.45) is 0 Å². The van der Waals surface area contributed by atoms with Crippen molar-refractivity contribution in [3.63, 3.8) is 0 Å². The molecule has 0 saturated heterocycles. The van der Waals surface area contributed by atoms with Crippen molar-refractivity contribution in [2.45, 2.75) is 11.4 Å². The minimum atomic E-state index is -3.42. The van der Waals surface area contributed by atoms with Crippen LogP contribution in [0.1, 0.15) is 5.56 Å². The lowest BCUT2D eigenvalue weighted by molar-refractivity contribution is -0.117. The number of sulfone groups is 1. The smallest absolute Gasteiger partial charge is 0.238 e. The number of nitrogens with zero attached hydrogens (tertiary/aromatic N) is 1. The molecule has 0 aromatic heterocycles. The van der Waals surface area contributed by atoms with E-state index in [-0.39, 0.29) is 29.8 Å². The fraction of sp³-hybridized carbons (Fsp3) is 0.278. The van der Waals surface area contributed by atoms with E-state index in [0.29, 0.717) is 18.0 Å². The third-order valence-electron chi connectivity index (χ3n) is 3.86. The molecule has 0 atom stereocenters. The molecule has 1 N–H and O–H groups in total. The first-order valence-corrected chi connectivity index (χ1v) is 9.88. The zero-order valence-electron chi connectivity index (χ0n) is 14.6. The molecule has 0 unspecified atom stereocenters. The number of rotatable bonds is 6. The van der Waals surface area contributed by atoms with Crippen LogP contribution in [0.25, 0.3) is 0 Å². The van der Waals surface area contributed by atoms with Crippen molar-refractivity contribution in [2.75, 3.05) is 32.0 Å². The molecule has 0 spiro atoms. The molecule has 1 heterocycles. The third-order valence-corrected chi connectivity index (χ3v) is 5.02. The Morgan fingerprint density at radius 2 is 1.88 bits per heavy atom. The molecule has 0 saturated carbocycles. The summed E-state index contributed by atoms with van der Waals surface area (Å²) >= 11 is 0. The second kappa shape index (κ2) is 7.35. The van der Waals surface area contributed by atoms with Crippen LogP contribution in [0.2, 0.25) is 0 Å². The monoisotopic (exact) mass is 376 g/mol. The van der Waals surface area contributed by atoms with Gasteiger partial charge in [-0.3, -0.25) is 9.69 Å². The maximum absolute atomic E-state index is 12.3. The number of fused-ring (bicyclic) bond motifs is 1. The summed E-state index contributed by atoms with van der Waals surface area (Å²) in [6, 6.07) is 12.0. The molecule has 0 radical (unpaired) electrons. The van der Waals surface area contributed by atoms with Gasteiger partial charge in [-0.25, -0.2) is 8.42 Å². The number of benzene rings is 2. The van der Waals surface area contributed by atoms with Crippen molar-refractivity contribution >= 4 is 21.4 Å². The molecule has 3 rings (SSSR count). The minimum Gasteiger partial charge on any atom is -0.454 e. The van der Waals surface area contributed by atoms with Gasteiger partial charge in [-0.2, -0.15) is 0 Å². The molecule has 7 nitrogen and oxygen atoms in total. The van der Waals surface area contributed by atoms with Crippen LogP contribution in [0.3, 0.4) is 0 Å². The van der Waals surface area contributed by atoms with Crippen LogP contribution in [-0.2, 0) is 21.2 Å². The number of likely N-dealkylation sites (N-methyl/N-ethyl adjacent to an activating group) is 1. The van der Waals surface area contributed by atoms with E-state index >= 15 is 0 Å². The first-order valence-electron chi connectivity index (χ1n) is 7.99. The van der Waals surface area contributed by atoms with Crippen LogP contribution < -0.4 is 14.8 Å². The van der Waals surface area contributed by atoms with Gasteiger partial charge < -0.3 is 14.8 Å². The van der Waals surface area contributed by atoms with Gasteiger partial charge in [0.1, 0.15) is 0 Å². The summed E-state index contributed by atoms with van der Waals surface area (Å²) in [5.41, 5.74) is 1.28. The molecular formula is C18H20N2O5S. The van der Waals surface area contributed by atoms with E-state index in [1.54, 1.807) is 18.2 Å². The highest BCUT2D eigenvalue weighted by Crippen LogP contribution is 2.32. The van der Waals surface area contributed by atoms with E-state index in [1.165, 1.54) is 6.07 Å². The predicted molar refractivity (Wildman–Crippen MR) is 97.1 cm³/mol. The Morgan fingerprint density at radius 3 is 2.65 bits per heavy atom. The number of anilines is 1. The van der Waals surface area contributed by atoms with Crippen LogP contribution in [0.4, 0.5) is 5.69 Å². The Bertz CT molecular complexity index is 927. The second-order valence-electron chi connectivity index (χ2n) is 6.18. The standard InChI is InChI=1S/C18H20N2O5S/c1-20(10-13-7-8-15-16(9-13)25-12-24-15)11-18(21)19-14-5-3-4-6-17(14)26(2,22)23/h3-9H,10-12H2,1-2H3,(H,19,21). The lowest BCUT2D eigenvalue weighted by Crippen LogP contribution is -2.30. The number of carbonyl (C=O) groups excluding carboxylic acids is 1. The van der Waals surface area contributed by atoms with Crippen molar-refractivity contribution < 1.29 is 22.7 Å². The number of hydrogen-bond acceptors (Lipinski definition) is 6. The Balaban J connectivity index is 1.62. The summed E-state index contributed by atoms with van der Waals surface area (Å²) in [7, 11) is -1.60. The van der Waals surface area contributed by atoms with Crippen molar-refractivity contribution in [3.8, 4) is 11.5 Å². The van der Waals surface area contributed by atoms with Gasteiger partial charge in [-0.05, 0) is 36.9 Å². The first-order chi connectivity index (χ1) is 12.3. The molecule has 8 heteroatoms. The fourth-order valence-corrected chi connectivity index (χ4v) is 3.58. The largest absolute Gasteiger partial charge is 0.454 e. The number of para-hydroxylation sites is 1. The summed E-state index contributed by atoms with van der Waals surface area (Å²) in [4.78, 5) is 14.2. The van der Waals surface area contributed by atoms with Crippen molar-refractivity contribution in [1.82, 2.24) is 4.90 Å². The zero-order chi connectivity index (χ0) is 18.7. The average molecular weight is 376 g/mol. The third kappa shape index (κ3) is 4.33. The van der Waals surface area contributed by atoms with Gasteiger partial charge in [0.05, 0.1) is 17.1 Å². The second-order valence-corrected chi connectivity index (χ2v) is 8.16. The molecule has 138 valence electrons. The normalized spacial score (nSPS) is 13.0. The quantitative estimate of drug-likeness (QED) is 0.829. The predicted octanol–water partition coefficient (Wildman–Crippen LogP) is 1.89. The van der Waals surface area contributed by atoms with Crippen LogP contribution in [0.5, 0.6) is 11.5 Å². The summed E-state index contributed by atoms with van der Waals surface area (Å²) < 4.78 is 34.2. The fourth-order valence-electron chi connectivity index (χ4n) is 2.74. The summed E-state index contributed by atoms with van der Waals surface area (Å²) in [6.45, 7) is 0.876. The SMILES string of the molecule is CN(CC(=O)Nc1ccccc1S(C)(=O)=O)Cc1ccc2c(c1)OCO2. The number of carbonyl (C=O) groups is 1. The maximum Gasteiger partial charge on any atom is 0.238 e. The van der Waals surface area contributed by atoms with Crippen molar-refractivity contribution in [3.05, 3.63) is 48.0 Å². The zero-order valence-corrected chi connectivity index (χ0v) is 15.4. The first kappa shape index (κ1) is 18.2. The van der Waals surface area contributed by atoms with Crippen LogP contribution in [-0.4, -0.2) is 45.9 Å². The van der Waals surface area contributed by atoms with E-state index in [2.05, 4.69) is 5.32 Å². The molecule has 2 aromatic rings. The topological polar surface area (TPSA) is 84.9 Å². The van der Waals surface area contributed by atoms with Crippen LogP contribution in [0.15, 0.2) is 47.4 Å². The summed E-state index contributed by atoms with van der Waals surface area (Å²) in [5, 5.41) is 2.67. The van der Waals surface area contributed by atoms with Crippen LogP contribution in [0, 0.1) is 0 Å². The van der Waals surface area contributed by atoms with E-state index < -0.39 is 9.84 Å². The number of ether oxygens (including phenoxy) is 2. The lowest BCUT2D eigenvalue weighted by atomic mass is 10.2. The molecule has 1 amide bonds. The number of hydrogen-bond donors (Lipinski definition) is 1. The number of amides is 1. The highest BCUT2D eigenvalue weighted by Gasteiger charge is 2.17. The molecule has 1 aliphatic heterocycles. The van der Waals surface area contributed by atoms with Crippen LogP contribution >= 0.6 is 0 Å². The van der Waals surface area contributed by atoms with E-state index in [4.69, 9.17) is 9.47 Å². The molecular weight excluding hydrogens is 356 g/mol. The van der Waals surface area contributed by atoms with Gasteiger partial charge >= 0.3 is 0 Å². The highest BCUT2D eigenvalue weighted by molar-refractivity contribution is 7.90. The molecule has 0 fully saturated rings. The van der Waals surface area contributed by atoms with Gasteiger partial charge in [0.15, 0.2) is 21.3 Å². The minimum absolute atomic E-state index is 0.103. The van der Waals surface area contributed by atoms with Gasteiger partial charge in [-0.15, -0.1) is 0 Å². The van der Waals surface area contributed by atoms with Gasteiger partial charge in [0.25, 0.3) is 0 Å². The van der Waals surface area contributed by atoms with Crippen molar-refractivity contribution in [1.29, 1.82) is 0 Å². The number of nitrogens with one attached hydrogen (secondary N) is 1.